The lowest BCUT2D eigenvalue weighted by Crippen LogP contribution is -2.48. The van der Waals surface area contributed by atoms with E-state index in [1.54, 1.807) is 13.0 Å². The molecule has 0 fully saturated rings. The number of halogens is 1. The molecule has 1 N–H and O–H groups in total. The largest absolute Gasteiger partial charge is 0.350 e. The fraction of sp³-hybridized carbons (Fsp3) is 0.500. The van der Waals surface area contributed by atoms with Crippen molar-refractivity contribution in [2.75, 3.05) is 20.6 Å². The predicted octanol–water partition coefficient (Wildman–Crippen LogP) is 2.20. The highest BCUT2D eigenvalue weighted by Gasteiger charge is 2.22. The second kappa shape index (κ2) is 5.48. The van der Waals surface area contributed by atoms with Gasteiger partial charge in [-0.2, -0.15) is 0 Å². The minimum atomic E-state index is -0.477. The summed E-state index contributed by atoms with van der Waals surface area (Å²) in [5, 5.41) is 2.76. The normalized spacial score (nSPS) is 11.7. The van der Waals surface area contributed by atoms with Crippen LogP contribution in [-0.2, 0) is 0 Å². The van der Waals surface area contributed by atoms with Crippen LogP contribution in [0.2, 0.25) is 0 Å². The molecule has 100 valence electrons. The van der Waals surface area contributed by atoms with Crippen LogP contribution < -0.4 is 5.32 Å². The second-order valence-corrected chi connectivity index (χ2v) is 5.37. The average molecular weight is 252 g/mol. The van der Waals surface area contributed by atoms with Gasteiger partial charge in [0.15, 0.2) is 0 Å². The van der Waals surface area contributed by atoms with Gasteiger partial charge >= 0.3 is 0 Å². The molecule has 0 bridgehead atoms. The molecule has 18 heavy (non-hydrogen) atoms. The van der Waals surface area contributed by atoms with Gasteiger partial charge in [0, 0.05) is 12.1 Å². The molecular formula is C14H21FN2O. The van der Waals surface area contributed by atoms with Crippen LogP contribution in [0, 0.1) is 12.7 Å². The molecular weight excluding hydrogens is 231 g/mol. The molecule has 0 heterocycles. The Morgan fingerprint density at radius 3 is 2.50 bits per heavy atom. The summed E-state index contributed by atoms with van der Waals surface area (Å²) < 4.78 is 13.6. The van der Waals surface area contributed by atoms with Crippen LogP contribution in [0.5, 0.6) is 0 Å². The molecule has 0 saturated carbocycles. The van der Waals surface area contributed by atoms with E-state index < -0.39 is 5.82 Å². The van der Waals surface area contributed by atoms with Gasteiger partial charge in [0.25, 0.3) is 5.91 Å². The number of benzene rings is 1. The van der Waals surface area contributed by atoms with Gasteiger partial charge in [-0.15, -0.1) is 0 Å². The molecule has 0 aromatic heterocycles. The summed E-state index contributed by atoms with van der Waals surface area (Å²) in [6.07, 6.45) is 0. The standard InChI is InChI=1S/C14H21FN2O/c1-10-6-7-11(12(15)8-10)13(18)16-9-14(2,3)17(4)5/h6-8H,9H2,1-5H3,(H,16,18). The van der Waals surface area contributed by atoms with E-state index in [2.05, 4.69) is 5.32 Å². The van der Waals surface area contributed by atoms with E-state index in [1.807, 2.05) is 32.8 Å². The van der Waals surface area contributed by atoms with Crippen LogP contribution in [0.3, 0.4) is 0 Å². The quantitative estimate of drug-likeness (QED) is 0.891. The zero-order valence-corrected chi connectivity index (χ0v) is 11.7. The Balaban J connectivity index is 2.72. The maximum Gasteiger partial charge on any atom is 0.254 e. The van der Waals surface area contributed by atoms with Gasteiger partial charge < -0.3 is 10.2 Å². The number of carbonyl (C=O) groups is 1. The number of hydrogen-bond acceptors (Lipinski definition) is 2. The fourth-order valence-electron chi connectivity index (χ4n) is 1.35. The number of rotatable bonds is 4. The van der Waals surface area contributed by atoms with E-state index >= 15 is 0 Å². The zero-order valence-electron chi connectivity index (χ0n) is 11.7. The van der Waals surface area contributed by atoms with E-state index in [4.69, 9.17) is 0 Å². The van der Waals surface area contributed by atoms with Gasteiger partial charge in [0.05, 0.1) is 5.56 Å². The van der Waals surface area contributed by atoms with Crippen LogP contribution in [0.25, 0.3) is 0 Å². The summed E-state index contributed by atoms with van der Waals surface area (Å²) in [5.41, 5.74) is 0.726. The van der Waals surface area contributed by atoms with Gasteiger partial charge in [0.2, 0.25) is 0 Å². The van der Waals surface area contributed by atoms with E-state index in [-0.39, 0.29) is 17.0 Å². The Morgan fingerprint density at radius 2 is 2.00 bits per heavy atom. The van der Waals surface area contributed by atoms with Crippen molar-refractivity contribution in [1.29, 1.82) is 0 Å². The lowest BCUT2D eigenvalue weighted by Gasteiger charge is -2.32. The van der Waals surface area contributed by atoms with Crippen molar-refractivity contribution in [2.24, 2.45) is 0 Å². The molecule has 0 aliphatic heterocycles. The average Bonchev–Trinajstić information content (AvgIpc) is 2.25. The third-order valence-electron chi connectivity index (χ3n) is 3.26. The van der Waals surface area contributed by atoms with E-state index in [0.29, 0.717) is 6.54 Å². The first-order chi connectivity index (χ1) is 8.24. The third kappa shape index (κ3) is 3.53. The number of nitrogens with zero attached hydrogens (tertiary/aromatic N) is 1. The molecule has 1 rings (SSSR count). The topological polar surface area (TPSA) is 32.3 Å². The maximum atomic E-state index is 13.6. The first-order valence-corrected chi connectivity index (χ1v) is 5.96. The van der Waals surface area contributed by atoms with E-state index in [1.165, 1.54) is 12.1 Å². The first-order valence-electron chi connectivity index (χ1n) is 5.96. The molecule has 3 nitrogen and oxygen atoms in total. The number of nitrogens with one attached hydrogen (secondary N) is 1. The lowest BCUT2D eigenvalue weighted by molar-refractivity contribution is 0.0915. The first kappa shape index (κ1) is 14.6. The van der Waals surface area contributed by atoms with Crippen molar-refractivity contribution in [3.8, 4) is 0 Å². The SMILES string of the molecule is Cc1ccc(C(=O)NCC(C)(C)N(C)C)c(F)c1. The van der Waals surface area contributed by atoms with Crippen LogP contribution in [0.15, 0.2) is 18.2 Å². The van der Waals surface area contributed by atoms with Crippen molar-refractivity contribution in [1.82, 2.24) is 10.2 Å². The van der Waals surface area contributed by atoms with Gasteiger partial charge in [0.1, 0.15) is 5.82 Å². The highest BCUT2D eigenvalue weighted by atomic mass is 19.1. The van der Waals surface area contributed by atoms with E-state index in [9.17, 15) is 9.18 Å². The number of likely N-dealkylation sites (N-methyl/N-ethyl adjacent to an activating group) is 1. The van der Waals surface area contributed by atoms with Gasteiger partial charge in [-0.1, -0.05) is 6.07 Å². The molecule has 1 aromatic carbocycles. The predicted molar refractivity (Wildman–Crippen MR) is 71.2 cm³/mol. The van der Waals surface area contributed by atoms with E-state index in [0.717, 1.165) is 5.56 Å². The summed E-state index contributed by atoms with van der Waals surface area (Å²) in [5.74, 6) is -0.849. The number of hydrogen-bond donors (Lipinski definition) is 1. The third-order valence-corrected chi connectivity index (χ3v) is 3.26. The zero-order chi connectivity index (χ0) is 13.9. The summed E-state index contributed by atoms with van der Waals surface area (Å²) in [4.78, 5) is 13.9. The van der Waals surface area contributed by atoms with Crippen molar-refractivity contribution in [3.05, 3.63) is 35.1 Å². The molecule has 4 heteroatoms. The van der Waals surface area contributed by atoms with Crippen LogP contribution in [-0.4, -0.2) is 37.0 Å². The molecule has 0 aliphatic carbocycles. The Labute approximate surface area is 108 Å². The molecule has 0 spiro atoms. The smallest absolute Gasteiger partial charge is 0.254 e. The summed E-state index contributed by atoms with van der Waals surface area (Å²) in [6.45, 7) is 6.28. The van der Waals surface area contributed by atoms with Crippen LogP contribution in [0.4, 0.5) is 4.39 Å². The molecule has 0 radical (unpaired) electrons. The number of carbonyl (C=O) groups excluding carboxylic acids is 1. The Bertz CT molecular complexity index is 441. The summed E-state index contributed by atoms with van der Waals surface area (Å²) in [6, 6.07) is 4.61. The highest BCUT2D eigenvalue weighted by molar-refractivity contribution is 5.94. The molecule has 1 amide bonds. The van der Waals surface area contributed by atoms with Crippen molar-refractivity contribution >= 4 is 5.91 Å². The second-order valence-electron chi connectivity index (χ2n) is 5.37. The maximum absolute atomic E-state index is 13.6. The lowest BCUT2D eigenvalue weighted by atomic mass is 10.0. The number of aryl methyl sites for hydroxylation is 1. The van der Waals surface area contributed by atoms with Gasteiger partial charge in [-0.3, -0.25) is 4.79 Å². The van der Waals surface area contributed by atoms with Gasteiger partial charge in [-0.25, -0.2) is 4.39 Å². The highest BCUT2D eigenvalue weighted by Crippen LogP contribution is 2.11. The molecule has 1 aromatic rings. The van der Waals surface area contributed by atoms with Crippen molar-refractivity contribution in [2.45, 2.75) is 26.3 Å². The van der Waals surface area contributed by atoms with Crippen LogP contribution >= 0.6 is 0 Å². The molecule has 0 aliphatic rings. The fourth-order valence-corrected chi connectivity index (χ4v) is 1.35. The molecule has 0 unspecified atom stereocenters. The monoisotopic (exact) mass is 252 g/mol. The Morgan fingerprint density at radius 1 is 1.39 bits per heavy atom. The minimum Gasteiger partial charge on any atom is -0.350 e. The molecule has 0 saturated heterocycles. The van der Waals surface area contributed by atoms with Crippen LogP contribution in [0.1, 0.15) is 29.8 Å². The number of amides is 1. The minimum absolute atomic E-state index is 0.0927. The summed E-state index contributed by atoms with van der Waals surface area (Å²) >= 11 is 0. The van der Waals surface area contributed by atoms with Gasteiger partial charge in [-0.05, 0) is 52.6 Å². The summed E-state index contributed by atoms with van der Waals surface area (Å²) in [7, 11) is 3.89. The Kier molecular flexibility index (Phi) is 4.46. The van der Waals surface area contributed by atoms with Crippen molar-refractivity contribution < 1.29 is 9.18 Å². The Hall–Kier alpha value is -1.42. The molecule has 0 atom stereocenters. The van der Waals surface area contributed by atoms with Crippen molar-refractivity contribution in [3.63, 3.8) is 0 Å².